The van der Waals surface area contributed by atoms with Gasteiger partial charge in [0.15, 0.2) is 0 Å². The molecule has 0 radical (unpaired) electrons. The number of aliphatic hydroxyl groups is 1. The summed E-state index contributed by atoms with van der Waals surface area (Å²) in [5, 5.41) is 10.2. The van der Waals surface area contributed by atoms with Crippen molar-refractivity contribution in [1.82, 2.24) is 9.47 Å². The first kappa shape index (κ1) is 16.6. The van der Waals surface area contributed by atoms with Gasteiger partial charge in [0.1, 0.15) is 0 Å². The van der Waals surface area contributed by atoms with Gasteiger partial charge in [0, 0.05) is 60.4 Å². The van der Waals surface area contributed by atoms with Crippen molar-refractivity contribution in [2.75, 3.05) is 31.1 Å². The predicted octanol–water partition coefficient (Wildman–Crippen LogP) is 0.563. The van der Waals surface area contributed by atoms with Crippen molar-refractivity contribution < 1.29 is 9.32 Å². The molecule has 2 aliphatic heterocycles. The molecule has 1 N–H and O–H groups in total. The standard InChI is InChI=1S/C17H24N2O3S/c1-2-6-23(22)12-15(20)11-18-8-13-7-14(10-18)16-4-3-5-17(21)19(16)9-13/h2-5,13-15,20H,1,6-12H2/t13-,14+,15+,23+/m1/s1. The number of piperidine rings is 1. The first-order valence-electron chi connectivity index (χ1n) is 8.13. The summed E-state index contributed by atoms with van der Waals surface area (Å²) in [6.45, 7) is 6.63. The Hall–Kier alpha value is -1.24. The number of nitrogens with zero attached hydrogens (tertiary/aromatic N) is 2. The van der Waals surface area contributed by atoms with Crippen LogP contribution in [0.5, 0.6) is 0 Å². The Balaban J connectivity index is 1.65. The molecule has 0 spiro atoms. The normalized spacial score (nSPS) is 26.3. The van der Waals surface area contributed by atoms with E-state index in [1.165, 1.54) is 0 Å². The number of hydrogen-bond acceptors (Lipinski definition) is 4. The minimum absolute atomic E-state index is 0.0884. The van der Waals surface area contributed by atoms with Crippen LogP contribution in [0.15, 0.2) is 35.6 Å². The average Bonchev–Trinajstić information content (AvgIpc) is 2.48. The number of pyridine rings is 1. The SMILES string of the molecule is C=CC[S@](=O)C[C@@H](O)CN1C[C@H]2C[C@@H](C1)c1cccc(=O)n1C2. The van der Waals surface area contributed by atoms with Crippen molar-refractivity contribution in [3.63, 3.8) is 0 Å². The van der Waals surface area contributed by atoms with Gasteiger partial charge in [0.2, 0.25) is 0 Å². The Morgan fingerprint density at radius 1 is 1.39 bits per heavy atom. The number of aliphatic hydroxyl groups excluding tert-OH is 1. The maximum atomic E-state index is 12.0. The summed E-state index contributed by atoms with van der Waals surface area (Å²) in [6, 6.07) is 5.50. The topological polar surface area (TPSA) is 62.5 Å². The number of aromatic nitrogens is 1. The smallest absolute Gasteiger partial charge is 0.250 e. The van der Waals surface area contributed by atoms with E-state index in [-0.39, 0.29) is 5.56 Å². The van der Waals surface area contributed by atoms with E-state index in [4.69, 9.17) is 0 Å². The minimum atomic E-state index is -1.04. The lowest BCUT2D eigenvalue weighted by molar-refractivity contribution is 0.0714. The van der Waals surface area contributed by atoms with Gasteiger partial charge in [-0.05, 0) is 18.4 Å². The Morgan fingerprint density at radius 3 is 3.00 bits per heavy atom. The molecule has 0 aliphatic carbocycles. The first-order valence-corrected chi connectivity index (χ1v) is 9.61. The summed E-state index contributed by atoms with van der Waals surface area (Å²) in [6.07, 6.45) is 2.16. The van der Waals surface area contributed by atoms with Gasteiger partial charge in [-0.2, -0.15) is 0 Å². The third kappa shape index (κ3) is 3.82. The maximum Gasteiger partial charge on any atom is 0.250 e. The number of fused-ring (bicyclic) bond motifs is 4. The van der Waals surface area contributed by atoms with Crippen LogP contribution in [0.2, 0.25) is 0 Å². The molecule has 4 atom stereocenters. The van der Waals surface area contributed by atoms with Gasteiger partial charge in [-0.1, -0.05) is 12.1 Å². The lowest BCUT2D eigenvalue weighted by atomic mass is 9.83. The van der Waals surface area contributed by atoms with E-state index >= 15 is 0 Å². The number of likely N-dealkylation sites (tertiary alicyclic amines) is 1. The largest absolute Gasteiger partial charge is 0.391 e. The second-order valence-corrected chi connectivity index (χ2v) is 8.18. The molecule has 1 aromatic heterocycles. The number of β-amino-alcohol motifs (C(OH)–C–C–N with tert-alkyl or cyclic N) is 1. The van der Waals surface area contributed by atoms with E-state index in [1.54, 1.807) is 12.1 Å². The molecule has 2 aliphatic rings. The van der Waals surface area contributed by atoms with Crippen LogP contribution < -0.4 is 5.56 Å². The van der Waals surface area contributed by atoms with Crippen LogP contribution in [-0.4, -0.2) is 56.0 Å². The first-order chi connectivity index (χ1) is 11.1. The van der Waals surface area contributed by atoms with Crippen LogP contribution >= 0.6 is 0 Å². The lowest BCUT2D eigenvalue weighted by Crippen LogP contribution is -2.49. The molecule has 1 fully saturated rings. The van der Waals surface area contributed by atoms with Crippen LogP contribution in [0.1, 0.15) is 18.0 Å². The molecule has 3 rings (SSSR count). The Morgan fingerprint density at radius 2 is 2.22 bits per heavy atom. The molecular formula is C17H24N2O3S. The summed E-state index contributed by atoms with van der Waals surface area (Å²) in [7, 11) is -1.04. The van der Waals surface area contributed by atoms with Gasteiger partial charge in [-0.15, -0.1) is 6.58 Å². The van der Waals surface area contributed by atoms with Crippen molar-refractivity contribution in [1.29, 1.82) is 0 Å². The molecular weight excluding hydrogens is 312 g/mol. The zero-order chi connectivity index (χ0) is 16.4. The van der Waals surface area contributed by atoms with Crippen molar-refractivity contribution in [3.05, 3.63) is 46.9 Å². The van der Waals surface area contributed by atoms with E-state index in [2.05, 4.69) is 11.5 Å². The molecule has 0 unspecified atom stereocenters. The van der Waals surface area contributed by atoms with Gasteiger partial charge in [0.05, 0.1) is 11.9 Å². The van der Waals surface area contributed by atoms with Crippen LogP contribution in [0.4, 0.5) is 0 Å². The monoisotopic (exact) mass is 336 g/mol. The molecule has 0 amide bonds. The quantitative estimate of drug-likeness (QED) is 0.771. The second kappa shape index (κ2) is 7.11. The zero-order valence-corrected chi connectivity index (χ0v) is 14.1. The van der Waals surface area contributed by atoms with Gasteiger partial charge in [-0.25, -0.2) is 0 Å². The molecule has 5 nitrogen and oxygen atoms in total. The lowest BCUT2D eigenvalue weighted by Gasteiger charge is -2.43. The van der Waals surface area contributed by atoms with Crippen LogP contribution in [0.25, 0.3) is 0 Å². The highest BCUT2D eigenvalue weighted by Crippen LogP contribution is 2.34. The van der Waals surface area contributed by atoms with Gasteiger partial charge >= 0.3 is 0 Å². The predicted molar refractivity (Wildman–Crippen MR) is 92.1 cm³/mol. The van der Waals surface area contributed by atoms with E-state index in [9.17, 15) is 14.1 Å². The van der Waals surface area contributed by atoms with Crippen molar-refractivity contribution in [2.45, 2.75) is 25.0 Å². The molecule has 0 saturated carbocycles. The highest BCUT2D eigenvalue weighted by molar-refractivity contribution is 7.85. The van der Waals surface area contributed by atoms with Crippen LogP contribution in [0, 0.1) is 5.92 Å². The van der Waals surface area contributed by atoms with Gasteiger partial charge < -0.3 is 9.67 Å². The van der Waals surface area contributed by atoms with E-state index in [0.29, 0.717) is 29.9 Å². The average molecular weight is 336 g/mol. The summed E-state index contributed by atoms with van der Waals surface area (Å²) < 4.78 is 13.6. The van der Waals surface area contributed by atoms with Crippen LogP contribution in [0.3, 0.4) is 0 Å². The van der Waals surface area contributed by atoms with E-state index in [0.717, 1.165) is 31.7 Å². The summed E-state index contributed by atoms with van der Waals surface area (Å²) >= 11 is 0. The summed E-state index contributed by atoms with van der Waals surface area (Å²) in [5.74, 6) is 1.53. The molecule has 0 aromatic carbocycles. The third-order valence-electron chi connectivity index (χ3n) is 4.71. The highest BCUT2D eigenvalue weighted by Gasteiger charge is 2.34. The summed E-state index contributed by atoms with van der Waals surface area (Å²) in [5.41, 5.74) is 1.20. The molecule has 1 aromatic rings. The number of hydrogen-bond donors (Lipinski definition) is 1. The van der Waals surface area contributed by atoms with Crippen molar-refractivity contribution >= 4 is 10.8 Å². The molecule has 126 valence electrons. The molecule has 23 heavy (non-hydrogen) atoms. The van der Waals surface area contributed by atoms with E-state index in [1.807, 2.05) is 16.7 Å². The highest BCUT2D eigenvalue weighted by atomic mass is 32.2. The van der Waals surface area contributed by atoms with Crippen molar-refractivity contribution in [3.8, 4) is 0 Å². The second-order valence-electron chi connectivity index (χ2n) is 6.63. The summed E-state index contributed by atoms with van der Waals surface area (Å²) in [4.78, 5) is 14.3. The Bertz CT molecular complexity index is 657. The van der Waals surface area contributed by atoms with E-state index < -0.39 is 16.9 Å². The Labute approximate surface area is 139 Å². The molecule has 6 heteroatoms. The number of rotatable bonds is 6. The van der Waals surface area contributed by atoms with Gasteiger partial charge in [-0.3, -0.25) is 13.9 Å². The van der Waals surface area contributed by atoms with Gasteiger partial charge in [0.25, 0.3) is 5.56 Å². The Kier molecular flexibility index (Phi) is 5.14. The molecule has 2 bridgehead atoms. The molecule has 3 heterocycles. The third-order valence-corrected chi connectivity index (χ3v) is 6.07. The zero-order valence-electron chi connectivity index (χ0n) is 13.3. The minimum Gasteiger partial charge on any atom is -0.391 e. The maximum absolute atomic E-state index is 12.0. The van der Waals surface area contributed by atoms with Crippen LogP contribution in [-0.2, 0) is 17.3 Å². The fraction of sp³-hybridized carbons (Fsp3) is 0.588. The fourth-order valence-corrected chi connectivity index (χ4v) is 4.84. The fourth-order valence-electron chi connectivity index (χ4n) is 3.91. The van der Waals surface area contributed by atoms with Crippen molar-refractivity contribution in [2.24, 2.45) is 5.92 Å². The molecule has 1 saturated heterocycles.